The average Bonchev–Trinajstić information content (AvgIpc) is 3.31. The van der Waals surface area contributed by atoms with Gasteiger partial charge in [-0.25, -0.2) is 9.69 Å². The van der Waals surface area contributed by atoms with Crippen molar-refractivity contribution >= 4 is 23.8 Å². The van der Waals surface area contributed by atoms with Crippen molar-refractivity contribution in [1.82, 2.24) is 14.7 Å². The first-order valence-electron chi connectivity index (χ1n) is 9.77. The highest BCUT2D eigenvalue weighted by atomic mass is 16.6. The van der Waals surface area contributed by atoms with Crippen molar-refractivity contribution in [2.45, 2.75) is 38.3 Å². The Morgan fingerprint density at radius 3 is 2.48 bits per heavy atom. The molecule has 29 heavy (non-hydrogen) atoms. The van der Waals surface area contributed by atoms with Crippen LogP contribution in [0.1, 0.15) is 31.2 Å². The first-order chi connectivity index (χ1) is 14.0. The van der Waals surface area contributed by atoms with E-state index < -0.39 is 30.3 Å². The number of imide groups is 2. The lowest BCUT2D eigenvalue weighted by atomic mass is 10.2. The van der Waals surface area contributed by atoms with E-state index in [1.807, 2.05) is 6.07 Å². The molecular weight excluding hydrogens is 378 g/mol. The summed E-state index contributed by atoms with van der Waals surface area (Å²) in [7, 11) is 1.58. The second kappa shape index (κ2) is 7.73. The topological polar surface area (TPSA) is 96.5 Å². The van der Waals surface area contributed by atoms with E-state index >= 15 is 0 Å². The summed E-state index contributed by atoms with van der Waals surface area (Å²) in [5.41, 5.74) is 0.827. The first kappa shape index (κ1) is 19.2. The van der Waals surface area contributed by atoms with Crippen molar-refractivity contribution < 1.29 is 28.7 Å². The van der Waals surface area contributed by atoms with Crippen molar-refractivity contribution in [3.63, 3.8) is 0 Å². The lowest BCUT2D eigenvalue weighted by molar-refractivity contribution is -0.145. The van der Waals surface area contributed by atoms with Gasteiger partial charge in [-0.05, 0) is 30.5 Å². The molecule has 0 N–H and O–H groups in total. The maximum atomic E-state index is 12.6. The monoisotopic (exact) mass is 401 g/mol. The van der Waals surface area contributed by atoms with E-state index in [-0.39, 0.29) is 12.6 Å². The normalized spacial score (nSPS) is 19.3. The van der Waals surface area contributed by atoms with Crippen LogP contribution in [0.4, 0.5) is 4.79 Å². The van der Waals surface area contributed by atoms with Crippen LogP contribution in [-0.2, 0) is 20.9 Å². The molecule has 3 aliphatic rings. The van der Waals surface area contributed by atoms with Gasteiger partial charge in [0.25, 0.3) is 0 Å². The van der Waals surface area contributed by atoms with Crippen LogP contribution in [0.5, 0.6) is 11.5 Å². The minimum Gasteiger partial charge on any atom is -0.486 e. The Balaban J connectivity index is 1.40. The van der Waals surface area contributed by atoms with Gasteiger partial charge in [0, 0.05) is 19.6 Å². The number of hydrogen-bond acceptors (Lipinski definition) is 6. The Bertz CT molecular complexity index is 864. The van der Waals surface area contributed by atoms with Crippen LogP contribution in [0.15, 0.2) is 18.2 Å². The van der Waals surface area contributed by atoms with Gasteiger partial charge in [0.05, 0.1) is 0 Å². The van der Waals surface area contributed by atoms with Crippen molar-refractivity contribution in [2.24, 2.45) is 0 Å². The Morgan fingerprint density at radius 2 is 1.76 bits per heavy atom. The van der Waals surface area contributed by atoms with E-state index in [4.69, 9.17) is 9.47 Å². The fourth-order valence-electron chi connectivity index (χ4n) is 3.95. The van der Waals surface area contributed by atoms with Crippen LogP contribution in [0.3, 0.4) is 0 Å². The smallest absolute Gasteiger partial charge is 0.334 e. The number of carbonyl (C=O) groups excluding carboxylic acids is 4. The number of carbonyl (C=O) groups is 4. The highest BCUT2D eigenvalue weighted by molar-refractivity contribution is 6.45. The fraction of sp³-hybridized carbons (Fsp3) is 0.500. The van der Waals surface area contributed by atoms with Gasteiger partial charge < -0.3 is 14.4 Å². The zero-order valence-corrected chi connectivity index (χ0v) is 16.3. The predicted molar refractivity (Wildman–Crippen MR) is 100 cm³/mol. The van der Waals surface area contributed by atoms with Gasteiger partial charge in [0.15, 0.2) is 11.5 Å². The molecule has 0 bridgehead atoms. The number of hydrogen-bond donors (Lipinski definition) is 0. The summed E-state index contributed by atoms with van der Waals surface area (Å²) in [6.07, 6.45) is 3.26. The molecule has 2 heterocycles. The predicted octanol–water partition coefficient (Wildman–Crippen LogP) is 1.15. The maximum Gasteiger partial charge on any atom is 0.334 e. The quantitative estimate of drug-likeness (QED) is 0.542. The molecule has 9 heteroatoms. The fourth-order valence-corrected chi connectivity index (χ4v) is 3.95. The highest BCUT2D eigenvalue weighted by Crippen LogP contribution is 2.31. The molecule has 9 nitrogen and oxygen atoms in total. The molecule has 1 aromatic rings. The molecule has 0 unspecified atom stereocenters. The van der Waals surface area contributed by atoms with E-state index in [1.165, 1.54) is 4.90 Å². The number of urea groups is 1. The summed E-state index contributed by atoms with van der Waals surface area (Å²) in [4.78, 5) is 52.9. The molecule has 1 saturated carbocycles. The molecule has 0 aromatic heterocycles. The molecule has 2 fully saturated rings. The van der Waals surface area contributed by atoms with Gasteiger partial charge in [-0.3, -0.25) is 19.3 Å². The third-order valence-corrected chi connectivity index (χ3v) is 5.52. The molecule has 154 valence electrons. The summed E-state index contributed by atoms with van der Waals surface area (Å²) < 4.78 is 11.0. The summed E-state index contributed by atoms with van der Waals surface area (Å²) in [6, 6.07) is 4.49. The summed E-state index contributed by atoms with van der Waals surface area (Å²) in [5, 5.41) is 0. The van der Waals surface area contributed by atoms with E-state index in [0.717, 1.165) is 28.2 Å². The number of ether oxygens (including phenoxy) is 2. The van der Waals surface area contributed by atoms with Crippen LogP contribution in [0, 0.1) is 0 Å². The Kier molecular flexibility index (Phi) is 5.12. The second-order valence-corrected chi connectivity index (χ2v) is 7.52. The molecule has 2 aliphatic heterocycles. The maximum absolute atomic E-state index is 12.6. The van der Waals surface area contributed by atoms with Crippen molar-refractivity contribution in [3.8, 4) is 11.5 Å². The SMILES string of the molecule is CN(Cc1ccc2c(c1)OCCO2)C(=O)CN1C(=O)C(=O)N(C2CCCC2)C1=O. The summed E-state index contributed by atoms with van der Waals surface area (Å²) in [5.74, 6) is -0.903. The average molecular weight is 401 g/mol. The minimum atomic E-state index is -0.928. The van der Waals surface area contributed by atoms with Crippen LogP contribution >= 0.6 is 0 Å². The molecule has 0 spiro atoms. The highest BCUT2D eigenvalue weighted by Gasteiger charge is 2.48. The first-order valence-corrected chi connectivity index (χ1v) is 9.77. The largest absolute Gasteiger partial charge is 0.486 e. The Hall–Kier alpha value is -3.10. The molecule has 1 aromatic carbocycles. The zero-order chi connectivity index (χ0) is 20.5. The number of fused-ring (bicyclic) bond motifs is 1. The van der Waals surface area contributed by atoms with Gasteiger partial charge in [-0.1, -0.05) is 18.9 Å². The van der Waals surface area contributed by atoms with Gasteiger partial charge in [-0.2, -0.15) is 0 Å². The third kappa shape index (κ3) is 3.64. The van der Waals surface area contributed by atoms with E-state index in [0.29, 0.717) is 37.6 Å². The molecule has 4 rings (SSSR count). The van der Waals surface area contributed by atoms with Crippen molar-refractivity contribution in [3.05, 3.63) is 23.8 Å². The van der Waals surface area contributed by atoms with E-state index in [1.54, 1.807) is 19.2 Å². The van der Waals surface area contributed by atoms with E-state index in [2.05, 4.69) is 0 Å². The molecule has 5 amide bonds. The van der Waals surface area contributed by atoms with Crippen LogP contribution < -0.4 is 9.47 Å². The zero-order valence-electron chi connectivity index (χ0n) is 16.3. The van der Waals surface area contributed by atoms with Crippen LogP contribution in [-0.4, -0.2) is 71.3 Å². The number of nitrogens with zero attached hydrogens (tertiary/aromatic N) is 3. The lowest BCUT2D eigenvalue weighted by Gasteiger charge is -2.23. The lowest BCUT2D eigenvalue weighted by Crippen LogP contribution is -2.43. The number of rotatable bonds is 5. The van der Waals surface area contributed by atoms with E-state index in [9.17, 15) is 19.2 Å². The molecule has 1 aliphatic carbocycles. The number of benzene rings is 1. The summed E-state index contributed by atoms with van der Waals surface area (Å²) in [6.45, 7) is 0.787. The number of likely N-dealkylation sites (N-methyl/N-ethyl adjacent to an activating group) is 1. The summed E-state index contributed by atoms with van der Waals surface area (Å²) >= 11 is 0. The molecule has 0 atom stereocenters. The van der Waals surface area contributed by atoms with Crippen LogP contribution in [0.25, 0.3) is 0 Å². The molecule has 1 saturated heterocycles. The second-order valence-electron chi connectivity index (χ2n) is 7.52. The Labute approximate surface area is 168 Å². The minimum absolute atomic E-state index is 0.241. The van der Waals surface area contributed by atoms with Crippen molar-refractivity contribution in [1.29, 1.82) is 0 Å². The van der Waals surface area contributed by atoms with Gasteiger partial charge >= 0.3 is 17.8 Å². The number of amides is 5. The molecular formula is C20H23N3O6. The third-order valence-electron chi connectivity index (χ3n) is 5.52. The van der Waals surface area contributed by atoms with Crippen molar-refractivity contribution in [2.75, 3.05) is 26.8 Å². The van der Waals surface area contributed by atoms with Crippen LogP contribution in [0.2, 0.25) is 0 Å². The van der Waals surface area contributed by atoms with Gasteiger partial charge in [0.1, 0.15) is 19.8 Å². The van der Waals surface area contributed by atoms with Gasteiger partial charge in [-0.15, -0.1) is 0 Å². The Morgan fingerprint density at radius 1 is 1.07 bits per heavy atom. The standard InChI is InChI=1S/C20H23N3O6/c1-21(11-13-6-7-15-16(10-13)29-9-8-28-15)17(24)12-22-18(25)19(26)23(20(22)27)14-4-2-3-5-14/h6-7,10,14H,2-5,8-9,11-12H2,1H3. The molecule has 0 radical (unpaired) electrons. The van der Waals surface area contributed by atoms with Gasteiger partial charge in [0.2, 0.25) is 5.91 Å².